The second-order valence-electron chi connectivity index (χ2n) is 1.86. The molecule has 0 atom stereocenters. The zero-order chi connectivity index (χ0) is 7.28. The van der Waals surface area contributed by atoms with E-state index in [0.29, 0.717) is 0 Å². The smallest absolute Gasteiger partial charge is 0.0152 e. The molecule has 0 radical (unpaired) electrons. The maximum Gasteiger partial charge on any atom is 0.0152 e. The molecule has 0 amide bonds. The summed E-state index contributed by atoms with van der Waals surface area (Å²) in [6.07, 6.45) is 3.92. The van der Waals surface area contributed by atoms with Crippen LogP contribution < -0.4 is 0 Å². The summed E-state index contributed by atoms with van der Waals surface area (Å²) in [6.45, 7) is 3.86. The quantitative estimate of drug-likeness (QED) is 0.469. The van der Waals surface area contributed by atoms with Crippen LogP contribution in [0.25, 0.3) is 0 Å². The first-order valence-corrected chi connectivity index (χ1v) is 3.79. The lowest BCUT2D eigenvalue weighted by Gasteiger charge is -1.89. The first kappa shape index (κ1) is 9.12. The molecule has 0 saturated carbocycles. The molecule has 0 aromatic carbocycles. The Labute approximate surface area is 67.0 Å². The van der Waals surface area contributed by atoms with E-state index in [1.54, 1.807) is 0 Å². The Morgan fingerprint density at radius 3 is 2.44 bits per heavy atom. The summed E-state index contributed by atoms with van der Waals surface area (Å²) in [5.74, 6) is 0.770. The van der Waals surface area contributed by atoms with Crippen LogP contribution in [-0.2, 0) is 0 Å². The molecule has 0 aromatic heterocycles. The molecule has 0 nitrogen and oxygen atoms in total. The predicted octanol–water partition coefficient (Wildman–Crippen LogP) is 3.01. The van der Waals surface area contributed by atoms with Crippen molar-refractivity contribution in [1.29, 1.82) is 0 Å². The van der Waals surface area contributed by atoms with E-state index in [4.69, 9.17) is 11.6 Å². The van der Waals surface area contributed by atoms with Crippen LogP contribution in [0.5, 0.6) is 0 Å². The molecular weight excluding hydrogens is 152 g/mol. The largest absolute Gasteiger partial charge is 0.175 e. The summed E-state index contributed by atoms with van der Waals surface area (Å²) in [4.78, 5) is 0. The molecule has 52 valence electrons. The van der Waals surface area contributed by atoms with E-state index in [1.807, 2.05) is 26.0 Å². The van der Waals surface area contributed by atoms with Gasteiger partial charge >= 0.3 is 0 Å². The van der Waals surface area contributed by atoms with Gasteiger partial charge in [-0.05, 0) is 19.9 Å². The van der Waals surface area contributed by atoms with Crippen LogP contribution in [0.1, 0.15) is 13.8 Å². The van der Waals surface area contributed by atoms with Gasteiger partial charge in [0.25, 0.3) is 0 Å². The Kier molecular flexibility index (Phi) is 5.02. The molecule has 0 aliphatic carbocycles. The SMILES string of the molecule is CC(Cl)=CC(C)=CCS. The molecule has 0 fully saturated rings. The number of thiol groups is 1. The summed E-state index contributed by atoms with van der Waals surface area (Å²) >= 11 is 9.64. The normalized spacial score (nSPS) is 14.2. The highest BCUT2D eigenvalue weighted by Gasteiger charge is 1.81. The van der Waals surface area contributed by atoms with Crippen LogP contribution >= 0.6 is 24.2 Å². The minimum atomic E-state index is 0.770. The van der Waals surface area contributed by atoms with Crippen LogP contribution in [0.15, 0.2) is 22.8 Å². The summed E-state index contributed by atoms with van der Waals surface area (Å²) in [5, 5.41) is 0.811. The Bertz CT molecular complexity index is 132. The van der Waals surface area contributed by atoms with Crippen LogP contribution in [0.3, 0.4) is 0 Å². The standard InChI is InChI=1S/C7H11ClS/c1-6(3-4-9)5-7(2)8/h3,5,9H,4H2,1-2H3. The van der Waals surface area contributed by atoms with Crippen molar-refractivity contribution in [1.82, 2.24) is 0 Å². The predicted molar refractivity (Wildman–Crippen MR) is 47.2 cm³/mol. The number of allylic oxidation sites excluding steroid dienone is 3. The average molecular weight is 163 g/mol. The zero-order valence-corrected chi connectivity index (χ0v) is 7.34. The van der Waals surface area contributed by atoms with Crippen LogP contribution in [-0.4, -0.2) is 5.75 Å². The fraction of sp³-hybridized carbons (Fsp3) is 0.429. The first-order chi connectivity index (χ1) is 4.16. The molecule has 0 aliphatic heterocycles. The van der Waals surface area contributed by atoms with Gasteiger partial charge in [0, 0.05) is 10.8 Å². The Morgan fingerprint density at radius 1 is 1.56 bits per heavy atom. The number of rotatable bonds is 2. The third-order valence-corrected chi connectivity index (χ3v) is 1.13. The third kappa shape index (κ3) is 6.00. The van der Waals surface area contributed by atoms with Crippen molar-refractivity contribution in [2.45, 2.75) is 13.8 Å². The molecule has 0 spiro atoms. The highest BCUT2D eigenvalue weighted by atomic mass is 35.5. The van der Waals surface area contributed by atoms with Gasteiger partial charge < -0.3 is 0 Å². The molecule has 0 unspecified atom stereocenters. The lowest BCUT2D eigenvalue weighted by Crippen LogP contribution is -1.70. The first-order valence-electron chi connectivity index (χ1n) is 2.78. The molecule has 0 heterocycles. The van der Waals surface area contributed by atoms with E-state index in [9.17, 15) is 0 Å². The van der Waals surface area contributed by atoms with Gasteiger partial charge in [-0.2, -0.15) is 12.6 Å². The summed E-state index contributed by atoms with van der Waals surface area (Å²) in [5.41, 5.74) is 1.16. The van der Waals surface area contributed by atoms with Crippen molar-refractivity contribution in [3.05, 3.63) is 22.8 Å². The van der Waals surface area contributed by atoms with Gasteiger partial charge in [0.05, 0.1) is 0 Å². The van der Waals surface area contributed by atoms with Crippen molar-refractivity contribution >= 4 is 24.2 Å². The van der Waals surface area contributed by atoms with E-state index in [-0.39, 0.29) is 0 Å². The minimum Gasteiger partial charge on any atom is -0.175 e. The molecule has 0 rings (SSSR count). The van der Waals surface area contributed by atoms with E-state index < -0.39 is 0 Å². The van der Waals surface area contributed by atoms with Crippen molar-refractivity contribution in [2.24, 2.45) is 0 Å². The molecular formula is C7H11ClS. The van der Waals surface area contributed by atoms with Gasteiger partial charge in [0.1, 0.15) is 0 Å². The zero-order valence-electron chi connectivity index (χ0n) is 5.69. The maximum absolute atomic E-state index is 5.60. The Morgan fingerprint density at radius 2 is 2.11 bits per heavy atom. The second-order valence-corrected chi connectivity index (χ2v) is 2.82. The maximum atomic E-state index is 5.60. The monoisotopic (exact) mass is 162 g/mol. The second kappa shape index (κ2) is 4.95. The van der Waals surface area contributed by atoms with Gasteiger partial charge in [0.15, 0.2) is 0 Å². The van der Waals surface area contributed by atoms with E-state index in [0.717, 1.165) is 16.4 Å². The fourth-order valence-electron chi connectivity index (χ4n) is 0.517. The van der Waals surface area contributed by atoms with Crippen molar-refractivity contribution in [3.63, 3.8) is 0 Å². The Hall–Kier alpha value is 0.120. The van der Waals surface area contributed by atoms with Crippen LogP contribution in [0, 0.1) is 0 Å². The highest BCUT2D eigenvalue weighted by molar-refractivity contribution is 7.80. The number of halogens is 1. The molecule has 0 N–H and O–H groups in total. The average Bonchev–Trinajstić information content (AvgIpc) is 1.63. The summed E-state index contributed by atoms with van der Waals surface area (Å²) in [6, 6.07) is 0. The molecule has 0 aliphatic rings. The van der Waals surface area contributed by atoms with Crippen LogP contribution in [0.4, 0.5) is 0 Å². The Balaban J connectivity index is 3.90. The molecule has 0 saturated heterocycles. The third-order valence-electron chi connectivity index (χ3n) is 0.840. The number of hydrogen-bond acceptors (Lipinski definition) is 1. The van der Waals surface area contributed by atoms with Crippen molar-refractivity contribution in [2.75, 3.05) is 5.75 Å². The van der Waals surface area contributed by atoms with Gasteiger partial charge in [-0.15, -0.1) is 0 Å². The molecule has 0 aromatic rings. The van der Waals surface area contributed by atoms with E-state index >= 15 is 0 Å². The van der Waals surface area contributed by atoms with Gasteiger partial charge in [-0.3, -0.25) is 0 Å². The lowest BCUT2D eigenvalue weighted by molar-refractivity contribution is 1.46. The summed E-state index contributed by atoms with van der Waals surface area (Å²) < 4.78 is 0. The van der Waals surface area contributed by atoms with Gasteiger partial charge in [0.2, 0.25) is 0 Å². The fourth-order valence-corrected chi connectivity index (χ4v) is 0.977. The lowest BCUT2D eigenvalue weighted by atomic mass is 10.3. The van der Waals surface area contributed by atoms with Crippen LogP contribution in [0.2, 0.25) is 0 Å². The number of hydrogen-bond donors (Lipinski definition) is 1. The minimum absolute atomic E-state index is 0.770. The van der Waals surface area contributed by atoms with Crippen molar-refractivity contribution < 1.29 is 0 Å². The van der Waals surface area contributed by atoms with E-state index in [1.165, 1.54) is 0 Å². The molecule has 0 bridgehead atoms. The molecule has 9 heavy (non-hydrogen) atoms. The topological polar surface area (TPSA) is 0 Å². The molecule has 2 heteroatoms. The highest BCUT2D eigenvalue weighted by Crippen LogP contribution is 2.04. The van der Waals surface area contributed by atoms with Gasteiger partial charge in [-0.25, -0.2) is 0 Å². The summed E-state index contributed by atoms with van der Waals surface area (Å²) in [7, 11) is 0. The van der Waals surface area contributed by atoms with E-state index in [2.05, 4.69) is 12.6 Å². The van der Waals surface area contributed by atoms with Crippen molar-refractivity contribution in [3.8, 4) is 0 Å². The van der Waals surface area contributed by atoms with Gasteiger partial charge in [-0.1, -0.05) is 23.3 Å².